The van der Waals surface area contributed by atoms with Gasteiger partial charge >= 0.3 is 0 Å². The van der Waals surface area contributed by atoms with Crippen LogP contribution in [0.3, 0.4) is 0 Å². The van der Waals surface area contributed by atoms with E-state index in [9.17, 15) is 4.79 Å². The second kappa shape index (κ2) is 10.4. The molecule has 4 N–H and O–H groups in total. The Labute approximate surface area is 218 Å². The molecule has 0 atom stereocenters. The van der Waals surface area contributed by atoms with E-state index in [-0.39, 0.29) is 17.4 Å². The van der Waals surface area contributed by atoms with Crippen molar-refractivity contribution in [2.45, 2.75) is 31.8 Å². The number of likely N-dealkylation sites (N-methyl/N-ethyl adjacent to an activating group) is 1. The summed E-state index contributed by atoms with van der Waals surface area (Å²) < 4.78 is 7.88. The van der Waals surface area contributed by atoms with Crippen LogP contribution in [0.5, 0.6) is 11.5 Å². The zero-order chi connectivity index (χ0) is 26.0. The monoisotopic (exact) mass is 500 g/mol. The molecule has 0 radical (unpaired) electrons. The molecule has 2 heterocycles. The molecule has 8 nitrogen and oxygen atoms in total. The van der Waals surface area contributed by atoms with Gasteiger partial charge in [0.1, 0.15) is 17.3 Å². The van der Waals surface area contributed by atoms with Crippen molar-refractivity contribution >= 4 is 11.7 Å². The number of hydrogen-bond donors (Lipinski definition) is 2. The highest BCUT2D eigenvalue weighted by Crippen LogP contribution is 2.54. The number of likely N-dealkylation sites (tertiary alicyclic amines) is 1. The van der Waals surface area contributed by atoms with Gasteiger partial charge in [0.05, 0.1) is 11.7 Å². The van der Waals surface area contributed by atoms with Gasteiger partial charge in [-0.3, -0.25) is 4.79 Å². The molecule has 8 heteroatoms. The van der Waals surface area contributed by atoms with Gasteiger partial charge in [0.25, 0.3) is 0 Å². The third-order valence-corrected chi connectivity index (χ3v) is 7.52. The molecule has 2 aliphatic rings. The van der Waals surface area contributed by atoms with Gasteiger partial charge < -0.3 is 26.0 Å². The fourth-order valence-electron chi connectivity index (χ4n) is 5.54. The Balaban J connectivity index is 1.25. The maximum Gasteiger partial charge on any atom is 0.246 e. The number of anilines is 1. The minimum absolute atomic E-state index is 0.105. The summed E-state index contributed by atoms with van der Waals surface area (Å²) in [6.07, 6.45) is 6.60. The highest BCUT2D eigenvalue weighted by atomic mass is 16.5. The van der Waals surface area contributed by atoms with E-state index >= 15 is 0 Å². The Bertz CT molecular complexity index is 1260. The molecule has 2 fully saturated rings. The lowest BCUT2D eigenvalue weighted by molar-refractivity contribution is -0.125. The van der Waals surface area contributed by atoms with Crippen LogP contribution in [0.15, 0.2) is 66.7 Å². The average molecular weight is 501 g/mol. The third kappa shape index (κ3) is 5.26. The third-order valence-electron chi connectivity index (χ3n) is 7.52. The molecule has 5 rings (SSSR count). The zero-order valence-corrected chi connectivity index (χ0v) is 21.6. The van der Waals surface area contributed by atoms with Crippen LogP contribution in [0.2, 0.25) is 0 Å². The number of nitrogens with two attached hydrogens (primary N) is 2. The zero-order valence-electron chi connectivity index (χ0n) is 21.6. The number of para-hydroxylation sites is 1. The summed E-state index contributed by atoms with van der Waals surface area (Å²) in [4.78, 5) is 16.6. The van der Waals surface area contributed by atoms with Gasteiger partial charge in [-0.1, -0.05) is 24.3 Å². The van der Waals surface area contributed by atoms with Crippen molar-refractivity contribution < 1.29 is 9.53 Å². The van der Waals surface area contributed by atoms with Crippen molar-refractivity contribution in [2.75, 3.05) is 39.5 Å². The van der Waals surface area contributed by atoms with Crippen molar-refractivity contribution in [3.8, 4) is 22.8 Å². The Hall–Kier alpha value is -3.62. The van der Waals surface area contributed by atoms with Gasteiger partial charge in [-0.2, -0.15) is 5.10 Å². The molecule has 2 aromatic carbocycles. The lowest BCUT2D eigenvalue weighted by Crippen LogP contribution is -2.42. The molecule has 0 unspecified atom stereocenters. The topological polar surface area (TPSA) is 103 Å². The van der Waals surface area contributed by atoms with Gasteiger partial charge in [0, 0.05) is 43.4 Å². The summed E-state index contributed by atoms with van der Waals surface area (Å²) in [5.74, 6) is 2.30. The van der Waals surface area contributed by atoms with E-state index in [1.54, 1.807) is 6.08 Å². The Morgan fingerprint density at radius 1 is 1.14 bits per heavy atom. The first-order valence-corrected chi connectivity index (χ1v) is 12.9. The van der Waals surface area contributed by atoms with Crippen LogP contribution >= 0.6 is 0 Å². The lowest BCUT2D eigenvalue weighted by Gasteiger charge is -2.45. The molecule has 1 saturated carbocycles. The van der Waals surface area contributed by atoms with Crippen molar-refractivity contribution in [1.82, 2.24) is 19.6 Å². The van der Waals surface area contributed by atoms with E-state index in [2.05, 4.69) is 0 Å². The number of aromatic nitrogens is 2. The molecule has 1 aliphatic carbocycles. The SMILES string of the molecule is CN(C)C/C=C/C(=O)N1CCC2(CC(n3nc(-c4ccc(Oc5ccccc5)cc4)c(CN)c3N)C2)C1. The second-order valence-corrected chi connectivity index (χ2v) is 10.5. The quantitative estimate of drug-likeness (QED) is 0.452. The highest BCUT2D eigenvalue weighted by molar-refractivity contribution is 5.87. The summed E-state index contributed by atoms with van der Waals surface area (Å²) in [5.41, 5.74) is 15.5. The summed E-state index contributed by atoms with van der Waals surface area (Å²) in [6, 6.07) is 17.8. The number of rotatable bonds is 8. The first kappa shape index (κ1) is 25.0. The molecule has 194 valence electrons. The fraction of sp³-hybridized carbons (Fsp3) is 0.379. The number of carbonyl (C=O) groups is 1. The van der Waals surface area contributed by atoms with Crippen LogP contribution in [-0.4, -0.2) is 59.2 Å². The number of nitrogen functional groups attached to an aromatic ring is 1. The Morgan fingerprint density at radius 2 is 1.84 bits per heavy atom. The lowest BCUT2D eigenvalue weighted by atomic mass is 9.65. The van der Waals surface area contributed by atoms with Crippen LogP contribution in [-0.2, 0) is 11.3 Å². The van der Waals surface area contributed by atoms with Crippen molar-refractivity contribution in [3.05, 3.63) is 72.3 Å². The first-order valence-electron chi connectivity index (χ1n) is 12.9. The standard InChI is InChI=1S/C29H36N6O2/c1-33(2)15-6-9-26(36)34-16-14-29(20-34)17-22(18-29)35-28(31)25(19-30)27(32-35)21-10-12-24(13-11-21)37-23-7-4-3-5-8-23/h3-13,22H,14-20,30-31H2,1-2H3/b9-6+. The second-order valence-electron chi connectivity index (χ2n) is 10.5. The first-order chi connectivity index (χ1) is 17.9. The van der Waals surface area contributed by atoms with E-state index in [0.717, 1.165) is 67.2 Å². The summed E-state index contributed by atoms with van der Waals surface area (Å²) in [5, 5.41) is 4.93. The number of amides is 1. The van der Waals surface area contributed by atoms with E-state index in [0.29, 0.717) is 12.4 Å². The Morgan fingerprint density at radius 3 is 2.51 bits per heavy atom. The number of hydrogen-bond acceptors (Lipinski definition) is 6. The predicted molar refractivity (Wildman–Crippen MR) is 146 cm³/mol. The van der Waals surface area contributed by atoms with Crippen LogP contribution in [0.1, 0.15) is 30.9 Å². The number of nitrogens with zero attached hydrogens (tertiary/aromatic N) is 4. The predicted octanol–water partition coefficient (Wildman–Crippen LogP) is 4.05. The number of carbonyl (C=O) groups excluding carboxylic acids is 1. The van der Waals surface area contributed by atoms with E-state index in [1.165, 1.54) is 0 Å². The maximum absolute atomic E-state index is 12.6. The van der Waals surface area contributed by atoms with Crippen molar-refractivity contribution in [1.29, 1.82) is 0 Å². The average Bonchev–Trinajstić information content (AvgIpc) is 3.46. The van der Waals surface area contributed by atoms with Gasteiger partial charge in [-0.05, 0) is 75.2 Å². The molecule has 1 amide bonds. The van der Waals surface area contributed by atoms with Crippen molar-refractivity contribution in [3.63, 3.8) is 0 Å². The highest BCUT2D eigenvalue weighted by Gasteiger charge is 2.50. The molecule has 0 bridgehead atoms. The van der Waals surface area contributed by atoms with Crippen LogP contribution < -0.4 is 16.2 Å². The fourth-order valence-corrected chi connectivity index (χ4v) is 5.54. The van der Waals surface area contributed by atoms with Gasteiger partial charge in [-0.25, -0.2) is 4.68 Å². The summed E-state index contributed by atoms with van der Waals surface area (Å²) >= 11 is 0. The molecule has 1 spiro atoms. The minimum Gasteiger partial charge on any atom is -0.457 e. The van der Waals surface area contributed by atoms with E-state index in [4.69, 9.17) is 21.3 Å². The molecular formula is C29H36N6O2. The Kier molecular flexibility index (Phi) is 7.04. The summed E-state index contributed by atoms with van der Waals surface area (Å²) in [7, 11) is 3.98. The molecule has 1 saturated heterocycles. The van der Waals surface area contributed by atoms with Crippen LogP contribution in [0.25, 0.3) is 11.3 Å². The summed E-state index contributed by atoms with van der Waals surface area (Å²) in [6.45, 7) is 2.70. The molecular weight excluding hydrogens is 464 g/mol. The van der Waals surface area contributed by atoms with E-state index in [1.807, 2.05) is 89.3 Å². The molecule has 1 aromatic heterocycles. The molecule has 3 aromatic rings. The van der Waals surface area contributed by atoms with Gasteiger partial charge in [-0.15, -0.1) is 0 Å². The van der Waals surface area contributed by atoms with Crippen LogP contribution in [0.4, 0.5) is 5.82 Å². The number of ether oxygens (including phenoxy) is 1. The molecule has 37 heavy (non-hydrogen) atoms. The largest absolute Gasteiger partial charge is 0.457 e. The maximum atomic E-state index is 12.6. The normalized spacial score (nSPS) is 21.2. The minimum atomic E-state index is 0.105. The number of benzene rings is 2. The van der Waals surface area contributed by atoms with Crippen LogP contribution in [0, 0.1) is 5.41 Å². The molecule has 1 aliphatic heterocycles. The van der Waals surface area contributed by atoms with Gasteiger partial charge in [0.2, 0.25) is 5.91 Å². The van der Waals surface area contributed by atoms with Gasteiger partial charge in [0.15, 0.2) is 0 Å². The smallest absolute Gasteiger partial charge is 0.246 e. The van der Waals surface area contributed by atoms with Crippen molar-refractivity contribution in [2.24, 2.45) is 11.1 Å². The van der Waals surface area contributed by atoms with E-state index < -0.39 is 0 Å².